The molecule has 1 aliphatic heterocycles. The molecular formula is C13H18N4O2. The van der Waals surface area contributed by atoms with Crippen LogP contribution in [0.3, 0.4) is 0 Å². The molecule has 2 rings (SSSR count). The zero-order chi connectivity index (χ0) is 13.8. The van der Waals surface area contributed by atoms with Gasteiger partial charge in [-0.2, -0.15) is 0 Å². The first-order valence-corrected chi connectivity index (χ1v) is 6.51. The quantitative estimate of drug-likeness (QED) is 0.882. The molecule has 1 atom stereocenters. The van der Waals surface area contributed by atoms with Gasteiger partial charge >= 0.3 is 0 Å². The lowest BCUT2D eigenvalue weighted by molar-refractivity contribution is -0.135. The van der Waals surface area contributed by atoms with E-state index in [1.807, 2.05) is 13.8 Å². The van der Waals surface area contributed by atoms with Crippen LogP contribution in [-0.2, 0) is 9.59 Å². The van der Waals surface area contributed by atoms with Crippen LogP contribution in [-0.4, -0.2) is 39.3 Å². The van der Waals surface area contributed by atoms with E-state index in [9.17, 15) is 9.59 Å². The molecule has 1 saturated heterocycles. The van der Waals surface area contributed by atoms with Crippen LogP contribution in [0.2, 0.25) is 0 Å². The van der Waals surface area contributed by atoms with Crippen molar-refractivity contribution in [2.45, 2.75) is 39.2 Å². The largest absolute Gasteiger partial charge is 0.331 e. The summed E-state index contributed by atoms with van der Waals surface area (Å²) in [7, 11) is 0. The Morgan fingerprint density at radius 1 is 1.58 bits per heavy atom. The normalized spacial score (nSPS) is 16.5. The fourth-order valence-electron chi connectivity index (χ4n) is 2.25. The number of carbonyl (C=O) groups is 2. The van der Waals surface area contributed by atoms with Crippen LogP contribution >= 0.6 is 0 Å². The fourth-order valence-corrected chi connectivity index (χ4v) is 2.25. The number of anilines is 1. The molecule has 102 valence electrons. The van der Waals surface area contributed by atoms with E-state index in [0.717, 1.165) is 12.1 Å². The number of hydrogen-bond acceptors (Lipinski definition) is 4. The third kappa shape index (κ3) is 3.07. The highest BCUT2D eigenvalue weighted by Crippen LogP contribution is 2.16. The average Bonchev–Trinajstić information content (AvgIpc) is 2.77. The van der Waals surface area contributed by atoms with E-state index in [1.165, 1.54) is 0 Å². The molecule has 2 heterocycles. The molecule has 1 aliphatic rings. The van der Waals surface area contributed by atoms with Gasteiger partial charge in [0.15, 0.2) is 0 Å². The van der Waals surface area contributed by atoms with Crippen molar-refractivity contribution in [3.05, 3.63) is 18.0 Å². The number of aromatic nitrogens is 2. The smallest absolute Gasteiger partial charge is 0.249 e. The highest BCUT2D eigenvalue weighted by Gasteiger charge is 2.31. The Kier molecular flexibility index (Phi) is 4.09. The molecule has 2 amide bonds. The Bertz CT molecular complexity index is 489. The average molecular weight is 262 g/mol. The summed E-state index contributed by atoms with van der Waals surface area (Å²) < 4.78 is 0. The van der Waals surface area contributed by atoms with E-state index in [4.69, 9.17) is 0 Å². The van der Waals surface area contributed by atoms with Gasteiger partial charge in [-0.1, -0.05) is 6.92 Å². The van der Waals surface area contributed by atoms with E-state index in [0.29, 0.717) is 19.4 Å². The minimum absolute atomic E-state index is 0.0483. The lowest BCUT2D eigenvalue weighted by Crippen LogP contribution is -2.44. The van der Waals surface area contributed by atoms with E-state index >= 15 is 0 Å². The number of nitrogens with one attached hydrogen (secondary N) is 1. The first-order valence-electron chi connectivity index (χ1n) is 6.51. The van der Waals surface area contributed by atoms with E-state index in [-0.39, 0.29) is 17.8 Å². The zero-order valence-electron chi connectivity index (χ0n) is 11.2. The molecular weight excluding hydrogens is 244 g/mol. The number of likely N-dealkylation sites (tertiary alicyclic amines) is 1. The van der Waals surface area contributed by atoms with Crippen LogP contribution in [0.25, 0.3) is 0 Å². The van der Waals surface area contributed by atoms with Crippen LogP contribution in [0.1, 0.15) is 31.9 Å². The van der Waals surface area contributed by atoms with Crippen LogP contribution in [0.5, 0.6) is 0 Å². The van der Waals surface area contributed by atoms with Gasteiger partial charge in [0.05, 0.1) is 0 Å². The summed E-state index contributed by atoms with van der Waals surface area (Å²) in [5, 5.41) is 2.68. The third-order valence-electron chi connectivity index (χ3n) is 3.21. The molecule has 1 fully saturated rings. The van der Waals surface area contributed by atoms with Gasteiger partial charge in [0.1, 0.15) is 6.04 Å². The Morgan fingerprint density at radius 3 is 2.95 bits per heavy atom. The zero-order valence-corrected chi connectivity index (χ0v) is 11.2. The summed E-state index contributed by atoms with van der Waals surface area (Å²) >= 11 is 0. The molecule has 1 N–H and O–H groups in total. The van der Waals surface area contributed by atoms with Gasteiger partial charge in [-0.3, -0.25) is 14.9 Å². The van der Waals surface area contributed by atoms with Gasteiger partial charge in [-0.05, 0) is 25.8 Å². The molecule has 0 bridgehead atoms. The highest BCUT2D eigenvalue weighted by atomic mass is 16.2. The molecule has 0 unspecified atom stereocenters. The number of aryl methyl sites for hydroxylation is 1. The van der Waals surface area contributed by atoms with Gasteiger partial charge in [0.2, 0.25) is 17.8 Å². The second-order valence-electron chi connectivity index (χ2n) is 4.63. The number of hydrogen-bond donors (Lipinski definition) is 1. The second-order valence-corrected chi connectivity index (χ2v) is 4.63. The molecule has 0 radical (unpaired) electrons. The Balaban J connectivity index is 2.07. The standard InChI is InChI=1S/C13H18N4O2/c1-3-10(17-8-4-5-11(17)18)12(19)16-13-14-7-6-9(2)15-13/h6-7,10H,3-5,8H2,1-2H3,(H,14,15,16,19)/t10-/m1/s1. The second kappa shape index (κ2) is 5.77. The van der Waals surface area contributed by atoms with Crippen molar-refractivity contribution in [3.63, 3.8) is 0 Å². The van der Waals surface area contributed by atoms with E-state index in [1.54, 1.807) is 17.2 Å². The van der Waals surface area contributed by atoms with Crippen LogP contribution in [0, 0.1) is 6.92 Å². The summed E-state index contributed by atoms with van der Waals surface area (Å²) in [6.45, 7) is 4.38. The van der Waals surface area contributed by atoms with Gasteiger partial charge in [0.25, 0.3) is 0 Å². The van der Waals surface area contributed by atoms with E-state index in [2.05, 4.69) is 15.3 Å². The molecule has 0 aromatic carbocycles. The summed E-state index contributed by atoms with van der Waals surface area (Å²) in [5.41, 5.74) is 0.788. The SMILES string of the molecule is CC[C@H](C(=O)Nc1nccc(C)n1)N1CCCC1=O. The first kappa shape index (κ1) is 13.5. The molecule has 1 aromatic rings. The molecule has 0 saturated carbocycles. The highest BCUT2D eigenvalue weighted by molar-refractivity contribution is 5.96. The molecule has 0 aliphatic carbocycles. The summed E-state index contributed by atoms with van der Waals surface area (Å²) in [6.07, 6.45) is 3.54. The number of nitrogens with zero attached hydrogens (tertiary/aromatic N) is 3. The van der Waals surface area contributed by atoms with Crippen LogP contribution in [0.4, 0.5) is 5.95 Å². The maximum Gasteiger partial charge on any atom is 0.249 e. The van der Waals surface area contributed by atoms with Crippen molar-refractivity contribution in [3.8, 4) is 0 Å². The molecule has 6 nitrogen and oxygen atoms in total. The van der Waals surface area contributed by atoms with Crippen molar-refractivity contribution >= 4 is 17.8 Å². The lowest BCUT2D eigenvalue weighted by Gasteiger charge is -2.25. The van der Waals surface area contributed by atoms with Gasteiger partial charge in [-0.15, -0.1) is 0 Å². The monoisotopic (exact) mass is 262 g/mol. The predicted octanol–water partition coefficient (Wildman–Crippen LogP) is 1.12. The van der Waals surface area contributed by atoms with Crippen LogP contribution < -0.4 is 5.32 Å². The molecule has 19 heavy (non-hydrogen) atoms. The maximum absolute atomic E-state index is 12.2. The maximum atomic E-state index is 12.2. The summed E-state index contributed by atoms with van der Waals surface area (Å²) in [4.78, 5) is 33.7. The lowest BCUT2D eigenvalue weighted by atomic mass is 10.2. The van der Waals surface area contributed by atoms with Crippen LogP contribution in [0.15, 0.2) is 12.3 Å². The topological polar surface area (TPSA) is 75.2 Å². The van der Waals surface area contributed by atoms with Gasteiger partial charge < -0.3 is 4.90 Å². The number of amides is 2. The van der Waals surface area contributed by atoms with Crippen molar-refractivity contribution in [2.75, 3.05) is 11.9 Å². The van der Waals surface area contributed by atoms with Crippen molar-refractivity contribution < 1.29 is 9.59 Å². The van der Waals surface area contributed by atoms with Gasteiger partial charge in [0, 0.05) is 24.9 Å². The van der Waals surface area contributed by atoms with Crippen molar-refractivity contribution in [2.24, 2.45) is 0 Å². The van der Waals surface area contributed by atoms with E-state index < -0.39 is 6.04 Å². The number of carbonyl (C=O) groups excluding carboxylic acids is 2. The predicted molar refractivity (Wildman–Crippen MR) is 70.4 cm³/mol. The molecule has 6 heteroatoms. The Hall–Kier alpha value is -1.98. The Labute approximate surface area is 112 Å². The minimum Gasteiger partial charge on any atom is -0.331 e. The van der Waals surface area contributed by atoms with Crippen molar-refractivity contribution in [1.29, 1.82) is 0 Å². The Morgan fingerprint density at radius 2 is 2.37 bits per heavy atom. The summed E-state index contributed by atoms with van der Waals surface area (Å²) in [5.74, 6) is 0.116. The molecule has 0 spiro atoms. The third-order valence-corrected chi connectivity index (χ3v) is 3.21. The minimum atomic E-state index is -0.431. The fraction of sp³-hybridized carbons (Fsp3) is 0.538. The number of rotatable bonds is 4. The van der Waals surface area contributed by atoms with Crippen molar-refractivity contribution in [1.82, 2.24) is 14.9 Å². The van der Waals surface area contributed by atoms with Gasteiger partial charge in [-0.25, -0.2) is 9.97 Å². The first-order chi connectivity index (χ1) is 9.11. The molecule has 1 aromatic heterocycles. The summed E-state index contributed by atoms with van der Waals surface area (Å²) in [6, 6.07) is 1.33.